The van der Waals surface area contributed by atoms with Crippen LogP contribution in [-0.4, -0.2) is 12.5 Å². The van der Waals surface area contributed by atoms with Crippen molar-refractivity contribution in [3.63, 3.8) is 0 Å². The van der Waals surface area contributed by atoms with Gasteiger partial charge in [-0.25, -0.2) is 5.84 Å². The summed E-state index contributed by atoms with van der Waals surface area (Å²) in [5.74, 6) is 4.79. The van der Waals surface area contributed by atoms with Gasteiger partial charge >= 0.3 is 0 Å². The minimum Gasteiger partial charge on any atom is -0.384 e. The second-order valence-corrected chi connectivity index (χ2v) is 4.58. The topological polar surface area (TPSA) is 67.2 Å². The number of hydrogen-bond donors (Lipinski definition) is 3. The van der Waals surface area contributed by atoms with E-state index in [-0.39, 0.29) is 5.91 Å². The molecule has 0 fully saturated rings. The number of carbonyl (C=O) groups is 1. The van der Waals surface area contributed by atoms with Crippen molar-refractivity contribution in [2.45, 2.75) is 6.92 Å². The van der Waals surface area contributed by atoms with Gasteiger partial charge in [0.05, 0.1) is 11.3 Å². The maximum Gasteiger partial charge on any atom is 0.267 e. The van der Waals surface area contributed by atoms with E-state index in [2.05, 4.69) is 42.6 Å². The Hall–Kier alpha value is -0.590. The monoisotopic (exact) mass is 335 g/mol. The molecule has 0 spiro atoms. The van der Waals surface area contributed by atoms with Gasteiger partial charge in [-0.05, 0) is 35.0 Å². The fourth-order valence-corrected chi connectivity index (χ4v) is 2.55. The minimum absolute atomic E-state index is 0.326. The highest BCUT2D eigenvalue weighted by atomic mass is 79.9. The summed E-state index contributed by atoms with van der Waals surface area (Å²) in [4.78, 5) is 11.5. The van der Waals surface area contributed by atoms with E-state index in [4.69, 9.17) is 5.84 Å². The first-order valence-corrected chi connectivity index (χ1v) is 5.92. The standard InChI is InChI=1S/C9H11Br2N3O/c1-2-13-8-6(9(15)14-12)3-5(10)4-7(8)11/h3-4,13H,2,12H2,1H3,(H,14,15). The summed E-state index contributed by atoms with van der Waals surface area (Å²) in [6.07, 6.45) is 0. The number of amides is 1. The van der Waals surface area contributed by atoms with Gasteiger partial charge in [0.1, 0.15) is 0 Å². The molecular weight excluding hydrogens is 326 g/mol. The van der Waals surface area contributed by atoms with E-state index in [1.807, 2.05) is 13.0 Å². The first kappa shape index (κ1) is 12.5. The van der Waals surface area contributed by atoms with Gasteiger partial charge < -0.3 is 5.32 Å². The van der Waals surface area contributed by atoms with Crippen LogP contribution in [0.4, 0.5) is 5.69 Å². The van der Waals surface area contributed by atoms with Crippen LogP contribution in [0.25, 0.3) is 0 Å². The summed E-state index contributed by atoms with van der Waals surface area (Å²) in [5, 5.41) is 3.10. The van der Waals surface area contributed by atoms with Crippen LogP contribution in [0.2, 0.25) is 0 Å². The molecule has 0 saturated heterocycles. The highest BCUT2D eigenvalue weighted by Crippen LogP contribution is 2.30. The van der Waals surface area contributed by atoms with Crippen LogP contribution < -0.4 is 16.6 Å². The number of halogens is 2. The van der Waals surface area contributed by atoms with E-state index < -0.39 is 0 Å². The number of hydrogen-bond acceptors (Lipinski definition) is 3. The van der Waals surface area contributed by atoms with E-state index in [1.54, 1.807) is 6.07 Å². The Morgan fingerprint density at radius 1 is 1.47 bits per heavy atom. The number of nitrogens with one attached hydrogen (secondary N) is 2. The molecule has 82 valence electrons. The molecule has 0 aliphatic rings. The molecule has 0 bridgehead atoms. The predicted octanol–water partition coefficient (Wildman–Crippen LogP) is 2.25. The lowest BCUT2D eigenvalue weighted by atomic mass is 10.1. The zero-order valence-corrected chi connectivity index (χ0v) is 11.3. The fourth-order valence-electron chi connectivity index (χ4n) is 1.19. The quantitative estimate of drug-likeness (QED) is 0.450. The zero-order valence-electron chi connectivity index (χ0n) is 8.10. The maximum absolute atomic E-state index is 11.5. The summed E-state index contributed by atoms with van der Waals surface area (Å²) < 4.78 is 1.63. The molecule has 0 saturated carbocycles. The number of anilines is 1. The molecule has 1 rings (SSSR count). The van der Waals surface area contributed by atoms with Crippen LogP contribution >= 0.6 is 31.9 Å². The molecule has 1 aromatic carbocycles. The molecule has 15 heavy (non-hydrogen) atoms. The summed E-state index contributed by atoms with van der Waals surface area (Å²) in [6.45, 7) is 2.68. The summed E-state index contributed by atoms with van der Waals surface area (Å²) in [5.41, 5.74) is 3.35. The Balaban J connectivity index is 3.26. The van der Waals surface area contributed by atoms with Crippen molar-refractivity contribution in [1.82, 2.24) is 5.43 Å². The van der Waals surface area contributed by atoms with Gasteiger partial charge in [0.15, 0.2) is 0 Å². The third-order valence-corrected chi connectivity index (χ3v) is 2.87. The molecule has 1 aromatic rings. The smallest absolute Gasteiger partial charge is 0.267 e. The summed E-state index contributed by atoms with van der Waals surface area (Å²) in [7, 11) is 0. The van der Waals surface area contributed by atoms with Crippen LogP contribution in [0.3, 0.4) is 0 Å². The third-order valence-electron chi connectivity index (χ3n) is 1.78. The number of nitrogen functional groups attached to an aromatic ring is 1. The summed E-state index contributed by atoms with van der Waals surface area (Å²) in [6, 6.07) is 3.58. The molecule has 4 nitrogen and oxygen atoms in total. The van der Waals surface area contributed by atoms with Crippen LogP contribution in [0.15, 0.2) is 21.1 Å². The second-order valence-electron chi connectivity index (χ2n) is 2.81. The van der Waals surface area contributed by atoms with Crippen molar-refractivity contribution in [2.75, 3.05) is 11.9 Å². The van der Waals surface area contributed by atoms with E-state index in [0.717, 1.165) is 21.2 Å². The largest absolute Gasteiger partial charge is 0.384 e. The molecule has 6 heteroatoms. The Labute approximate surface area is 105 Å². The van der Waals surface area contributed by atoms with Crippen molar-refractivity contribution in [3.8, 4) is 0 Å². The fraction of sp³-hybridized carbons (Fsp3) is 0.222. The van der Waals surface area contributed by atoms with Gasteiger partial charge in [-0.2, -0.15) is 0 Å². The molecule has 0 unspecified atom stereocenters. The lowest BCUT2D eigenvalue weighted by Gasteiger charge is -2.12. The molecule has 0 heterocycles. The number of nitrogens with two attached hydrogens (primary N) is 1. The molecule has 1 amide bonds. The molecule has 0 aliphatic heterocycles. The summed E-state index contributed by atoms with van der Waals surface area (Å²) >= 11 is 6.70. The van der Waals surface area contributed by atoms with Crippen molar-refractivity contribution in [2.24, 2.45) is 5.84 Å². The normalized spacial score (nSPS) is 9.87. The van der Waals surface area contributed by atoms with Gasteiger partial charge in [-0.1, -0.05) is 15.9 Å². The van der Waals surface area contributed by atoms with Crippen LogP contribution in [0.1, 0.15) is 17.3 Å². The van der Waals surface area contributed by atoms with Crippen LogP contribution in [-0.2, 0) is 0 Å². The highest BCUT2D eigenvalue weighted by molar-refractivity contribution is 9.11. The third kappa shape index (κ3) is 2.93. The van der Waals surface area contributed by atoms with Crippen molar-refractivity contribution in [3.05, 3.63) is 26.6 Å². The van der Waals surface area contributed by atoms with E-state index in [1.165, 1.54) is 0 Å². The predicted molar refractivity (Wildman–Crippen MR) is 67.7 cm³/mol. The zero-order chi connectivity index (χ0) is 11.4. The van der Waals surface area contributed by atoms with E-state index >= 15 is 0 Å². The van der Waals surface area contributed by atoms with Crippen LogP contribution in [0.5, 0.6) is 0 Å². The molecular formula is C9H11Br2N3O. The first-order chi connectivity index (χ1) is 7.10. The Bertz CT molecular complexity index is 382. The second kappa shape index (κ2) is 5.48. The van der Waals surface area contributed by atoms with Gasteiger partial charge in [0.25, 0.3) is 5.91 Å². The minimum atomic E-state index is -0.326. The number of benzene rings is 1. The molecule has 0 aromatic heterocycles. The van der Waals surface area contributed by atoms with E-state index in [9.17, 15) is 4.79 Å². The highest BCUT2D eigenvalue weighted by Gasteiger charge is 2.13. The van der Waals surface area contributed by atoms with Crippen molar-refractivity contribution < 1.29 is 4.79 Å². The first-order valence-electron chi connectivity index (χ1n) is 4.34. The average Bonchev–Trinajstić information content (AvgIpc) is 2.20. The van der Waals surface area contributed by atoms with Crippen molar-refractivity contribution >= 4 is 43.5 Å². The molecule has 0 atom stereocenters. The molecule has 0 radical (unpaired) electrons. The Kier molecular flexibility index (Phi) is 4.56. The van der Waals surface area contributed by atoms with Crippen LogP contribution in [0, 0.1) is 0 Å². The van der Waals surface area contributed by atoms with Gasteiger partial charge in [0, 0.05) is 15.5 Å². The lowest BCUT2D eigenvalue weighted by molar-refractivity contribution is 0.0954. The van der Waals surface area contributed by atoms with Gasteiger partial charge in [-0.15, -0.1) is 0 Å². The lowest BCUT2D eigenvalue weighted by Crippen LogP contribution is -2.30. The average molecular weight is 337 g/mol. The molecule has 4 N–H and O–H groups in total. The number of carbonyl (C=O) groups excluding carboxylic acids is 1. The van der Waals surface area contributed by atoms with Gasteiger partial charge in [-0.3, -0.25) is 10.2 Å². The Morgan fingerprint density at radius 2 is 2.13 bits per heavy atom. The SMILES string of the molecule is CCNc1c(Br)cc(Br)cc1C(=O)NN. The van der Waals surface area contributed by atoms with E-state index in [0.29, 0.717) is 5.56 Å². The maximum atomic E-state index is 11.5. The number of hydrazine groups is 1. The van der Waals surface area contributed by atoms with Gasteiger partial charge in [0.2, 0.25) is 0 Å². The van der Waals surface area contributed by atoms with Crippen molar-refractivity contribution in [1.29, 1.82) is 0 Å². The number of rotatable bonds is 3. The Morgan fingerprint density at radius 3 is 2.67 bits per heavy atom. The molecule has 0 aliphatic carbocycles.